The Hall–Kier alpha value is -2.16. The molecule has 0 spiro atoms. The van der Waals surface area contributed by atoms with Gasteiger partial charge in [0.2, 0.25) is 0 Å². The van der Waals surface area contributed by atoms with Gasteiger partial charge in [0, 0.05) is 11.8 Å². The van der Waals surface area contributed by atoms with E-state index in [9.17, 15) is 24.8 Å². The molecular weight excluding hydrogens is 360 g/mol. The monoisotopic (exact) mass is 386 g/mol. The number of carboxylic acids is 1. The van der Waals surface area contributed by atoms with Crippen molar-refractivity contribution in [3.63, 3.8) is 0 Å². The fourth-order valence-electron chi connectivity index (χ4n) is 3.14. The minimum absolute atomic E-state index is 0.336. The van der Waals surface area contributed by atoms with E-state index >= 15 is 0 Å². The van der Waals surface area contributed by atoms with Crippen LogP contribution in [-0.4, -0.2) is 33.2 Å². The molecule has 9 heteroatoms. The predicted octanol–water partition coefficient (Wildman–Crippen LogP) is 3.63. The number of ether oxygens (including phenoxy) is 1. The molecule has 1 heterocycles. The summed E-state index contributed by atoms with van der Waals surface area (Å²) in [6, 6.07) is 1.58. The maximum absolute atomic E-state index is 12.6. The van der Waals surface area contributed by atoms with Crippen molar-refractivity contribution in [2.75, 3.05) is 0 Å². The van der Waals surface area contributed by atoms with Crippen LogP contribution >= 0.6 is 11.3 Å². The first-order valence-electron chi connectivity index (χ1n) is 8.01. The number of carbonyl (C=O) groups excluding carboxylic acids is 1. The number of nitrogens with zero attached hydrogens (tertiary/aromatic N) is 1. The van der Waals surface area contributed by atoms with E-state index in [4.69, 9.17) is 4.74 Å². The lowest BCUT2D eigenvalue weighted by Crippen LogP contribution is -2.72. The summed E-state index contributed by atoms with van der Waals surface area (Å²) < 4.78 is 5.28. The largest absolute Gasteiger partial charge is 0.476 e. The Bertz CT molecular complexity index is 673. The molecule has 0 aliphatic rings. The van der Waals surface area contributed by atoms with Crippen LogP contribution in [0.3, 0.4) is 0 Å². The fourth-order valence-corrected chi connectivity index (χ4v) is 3.84. The topological polar surface area (TPSA) is 119 Å². The number of thiophene rings is 1. The van der Waals surface area contributed by atoms with E-state index in [-0.39, 0.29) is 0 Å². The second kappa shape index (κ2) is 6.86. The van der Waals surface area contributed by atoms with Gasteiger partial charge in [0.15, 0.2) is 5.54 Å². The molecule has 0 unspecified atom stereocenters. The van der Waals surface area contributed by atoms with Gasteiger partial charge in [0.05, 0.1) is 0 Å². The predicted molar refractivity (Wildman–Crippen MR) is 97.9 cm³/mol. The minimum Gasteiger partial charge on any atom is -0.476 e. The molecule has 0 bridgehead atoms. The van der Waals surface area contributed by atoms with Gasteiger partial charge in [-0.2, -0.15) is 11.3 Å². The van der Waals surface area contributed by atoms with Gasteiger partial charge in [-0.05, 0) is 48.6 Å². The van der Waals surface area contributed by atoms with E-state index in [1.807, 2.05) is 0 Å². The number of aliphatic carboxylic acids is 1. The molecule has 8 nitrogen and oxygen atoms in total. The van der Waals surface area contributed by atoms with E-state index in [2.05, 4.69) is 5.32 Å². The third-order valence-corrected chi connectivity index (χ3v) is 4.96. The van der Waals surface area contributed by atoms with Crippen molar-refractivity contribution in [3.8, 4) is 0 Å². The van der Waals surface area contributed by atoms with Gasteiger partial charge < -0.3 is 15.2 Å². The van der Waals surface area contributed by atoms with E-state index in [1.54, 1.807) is 58.4 Å². The van der Waals surface area contributed by atoms with Gasteiger partial charge in [0.1, 0.15) is 5.60 Å². The highest BCUT2D eigenvalue weighted by molar-refractivity contribution is 7.08. The highest BCUT2D eigenvalue weighted by Gasteiger charge is 2.70. The quantitative estimate of drug-likeness (QED) is 0.589. The number of carboxylic acid groups (broad SMARTS) is 1. The average molecular weight is 386 g/mol. The van der Waals surface area contributed by atoms with Crippen LogP contribution in [0.5, 0.6) is 0 Å². The summed E-state index contributed by atoms with van der Waals surface area (Å²) in [6.45, 7) is 10.9. The number of alkyl carbamates (subject to hydrolysis) is 1. The van der Waals surface area contributed by atoms with Crippen molar-refractivity contribution in [1.29, 1.82) is 0 Å². The molecule has 0 radical (unpaired) electrons. The van der Waals surface area contributed by atoms with Crippen molar-refractivity contribution in [2.45, 2.75) is 65.1 Å². The molecule has 0 aliphatic heterocycles. The first kappa shape index (κ1) is 21.9. The smallest absolute Gasteiger partial charge is 0.408 e. The lowest BCUT2D eigenvalue weighted by atomic mass is 9.60. The first-order valence-corrected chi connectivity index (χ1v) is 8.95. The summed E-state index contributed by atoms with van der Waals surface area (Å²) in [4.78, 5) is 35.7. The van der Waals surface area contributed by atoms with Gasteiger partial charge in [-0.3, -0.25) is 10.1 Å². The summed E-state index contributed by atoms with van der Waals surface area (Å²) in [6.07, 6.45) is -0.923. The zero-order valence-corrected chi connectivity index (χ0v) is 16.9. The maximum atomic E-state index is 12.6. The highest BCUT2D eigenvalue weighted by Crippen LogP contribution is 2.49. The summed E-state index contributed by atoms with van der Waals surface area (Å²) in [5.41, 5.74) is -5.95. The van der Waals surface area contributed by atoms with Crippen LogP contribution in [0.15, 0.2) is 16.8 Å². The number of nitrogens with one attached hydrogen (secondary N) is 1. The van der Waals surface area contributed by atoms with Crippen LogP contribution in [-0.2, 0) is 15.1 Å². The third-order valence-electron chi connectivity index (χ3n) is 4.28. The molecule has 0 saturated heterocycles. The SMILES string of the molecule is CC(C)(C)OC(=O)N[C@@](c1ccsc1)(C(C)(C)C)[C@](C)(C(=O)O)[N+](=O)[O-]. The Balaban J connectivity index is 3.77. The summed E-state index contributed by atoms with van der Waals surface area (Å²) in [5.74, 6) is -1.65. The lowest BCUT2D eigenvalue weighted by molar-refractivity contribution is -0.570. The third kappa shape index (κ3) is 3.67. The summed E-state index contributed by atoms with van der Waals surface area (Å²) in [7, 11) is 0. The highest BCUT2D eigenvalue weighted by atomic mass is 32.1. The molecule has 2 N–H and O–H groups in total. The van der Waals surface area contributed by atoms with Crippen LogP contribution < -0.4 is 5.32 Å². The molecule has 1 aromatic rings. The normalized spacial score (nSPS) is 16.9. The van der Waals surface area contributed by atoms with Crippen molar-refractivity contribution in [1.82, 2.24) is 5.32 Å². The lowest BCUT2D eigenvalue weighted by Gasteiger charge is -2.48. The number of amides is 1. The van der Waals surface area contributed by atoms with Gasteiger partial charge in [-0.15, -0.1) is 0 Å². The Morgan fingerprint density at radius 1 is 1.19 bits per heavy atom. The van der Waals surface area contributed by atoms with Gasteiger partial charge in [0.25, 0.3) is 0 Å². The average Bonchev–Trinajstić information content (AvgIpc) is 2.94. The molecule has 0 aromatic carbocycles. The zero-order chi connectivity index (χ0) is 20.6. The molecule has 2 atom stereocenters. The molecule has 0 fully saturated rings. The van der Waals surface area contributed by atoms with Crippen LogP contribution in [0.25, 0.3) is 0 Å². The van der Waals surface area contributed by atoms with Crippen LogP contribution in [0.4, 0.5) is 4.79 Å². The zero-order valence-electron chi connectivity index (χ0n) is 16.1. The molecule has 0 aliphatic carbocycles. The van der Waals surface area contributed by atoms with Gasteiger partial charge in [-0.25, -0.2) is 9.59 Å². The second-order valence-electron chi connectivity index (χ2n) is 8.27. The van der Waals surface area contributed by atoms with Crippen molar-refractivity contribution >= 4 is 23.4 Å². The van der Waals surface area contributed by atoms with Crippen LogP contribution in [0.1, 0.15) is 54.0 Å². The standard InChI is InChI=1S/C17H26N2O6S/c1-14(2,3)17(11-8-9-26-10-11,16(7,12(20)21)19(23)24)18-13(22)25-15(4,5)6/h8-10H,1-7H3,(H,18,22)(H,20,21)/t16-,17-/m0/s1. The number of hydrogen-bond donors (Lipinski definition) is 2. The van der Waals surface area contributed by atoms with Crippen LogP contribution in [0, 0.1) is 15.5 Å². The Morgan fingerprint density at radius 3 is 2.04 bits per heavy atom. The summed E-state index contributed by atoms with van der Waals surface area (Å²) >= 11 is 1.25. The van der Waals surface area contributed by atoms with Crippen molar-refractivity contribution < 1.29 is 24.4 Å². The van der Waals surface area contributed by atoms with E-state index in [0.29, 0.717) is 5.56 Å². The van der Waals surface area contributed by atoms with E-state index in [0.717, 1.165) is 6.92 Å². The molecular formula is C17H26N2O6S. The molecule has 1 amide bonds. The minimum atomic E-state index is -2.54. The van der Waals surface area contributed by atoms with Crippen LogP contribution in [0.2, 0.25) is 0 Å². The molecule has 1 rings (SSSR count). The summed E-state index contributed by atoms with van der Waals surface area (Å²) in [5, 5.41) is 27.6. The molecule has 1 aromatic heterocycles. The number of rotatable bonds is 5. The Kier molecular flexibility index (Phi) is 5.78. The fraction of sp³-hybridized carbons (Fsp3) is 0.647. The molecule has 26 heavy (non-hydrogen) atoms. The van der Waals surface area contributed by atoms with Gasteiger partial charge in [-0.1, -0.05) is 20.8 Å². The Labute approximate surface area is 156 Å². The van der Waals surface area contributed by atoms with E-state index < -0.39 is 39.1 Å². The van der Waals surface area contributed by atoms with Gasteiger partial charge >= 0.3 is 17.6 Å². The number of nitro groups is 1. The maximum Gasteiger partial charge on any atom is 0.408 e. The molecule has 0 saturated carbocycles. The van der Waals surface area contributed by atoms with Crippen molar-refractivity contribution in [3.05, 3.63) is 32.5 Å². The first-order chi connectivity index (χ1) is 11.6. The van der Waals surface area contributed by atoms with E-state index in [1.165, 1.54) is 11.3 Å². The number of hydrogen-bond acceptors (Lipinski definition) is 6. The Morgan fingerprint density at radius 2 is 1.73 bits per heavy atom. The molecule has 146 valence electrons. The van der Waals surface area contributed by atoms with Crippen molar-refractivity contribution in [2.24, 2.45) is 5.41 Å². The second-order valence-corrected chi connectivity index (χ2v) is 9.05. The number of carbonyl (C=O) groups is 2.